The molecule has 1 atom stereocenters. The number of hydrogen-bond donors (Lipinski definition) is 2. The van der Waals surface area contributed by atoms with Gasteiger partial charge < -0.3 is 0 Å². The van der Waals surface area contributed by atoms with Gasteiger partial charge in [0, 0.05) is 10.4 Å². The van der Waals surface area contributed by atoms with Crippen LogP contribution in [0, 0.1) is 5.82 Å². The van der Waals surface area contributed by atoms with E-state index in [1.54, 1.807) is 17.5 Å². The van der Waals surface area contributed by atoms with E-state index in [0.29, 0.717) is 22.7 Å². The minimum Gasteiger partial charge on any atom is -0.271 e. The zero-order chi connectivity index (χ0) is 12.3. The Labute approximate surface area is 107 Å². The minimum atomic E-state index is -0.346. The van der Waals surface area contributed by atoms with E-state index in [1.807, 2.05) is 0 Å². The highest BCUT2D eigenvalue weighted by Crippen LogP contribution is 2.21. The summed E-state index contributed by atoms with van der Waals surface area (Å²) in [5.74, 6) is 5.08. The van der Waals surface area contributed by atoms with E-state index in [2.05, 4.69) is 15.0 Å². The lowest BCUT2D eigenvalue weighted by Crippen LogP contribution is -2.30. The molecule has 0 saturated heterocycles. The molecule has 0 spiro atoms. The lowest BCUT2D eigenvalue weighted by atomic mass is 10.0. The van der Waals surface area contributed by atoms with Crippen LogP contribution in [0.15, 0.2) is 23.6 Å². The summed E-state index contributed by atoms with van der Waals surface area (Å²) in [7, 11) is 0. The molecule has 0 fully saturated rings. The van der Waals surface area contributed by atoms with Crippen LogP contribution >= 0.6 is 23.1 Å². The highest BCUT2D eigenvalue weighted by molar-refractivity contribution is 7.03. The van der Waals surface area contributed by atoms with Crippen molar-refractivity contribution in [1.29, 1.82) is 0 Å². The molecule has 2 aromatic rings. The molecule has 7 heteroatoms. The van der Waals surface area contributed by atoms with Gasteiger partial charge in [0.05, 0.1) is 11.7 Å². The summed E-state index contributed by atoms with van der Waals surface area (Å²) in [5.41, 5.74) is 3.83. The van der Waals surface area contributed by atoms with Crippen LogP contribution in [0.1, 0.15) is 17.3 Å². The molecule has 0 aliphatic heterocycles. The van der Waals surface area contributed by atoms with Crippen LogP contribution in [-0.2, 0) is 6.42 Å². The standard InChI is InChI=1S/C10H10ClFN4S/c11-7-2-1-6(8(12)4-7)3-9(14-13)10-5-17-16-15-10/h1-2,4-5,9,14H,3,13H2. The van der Waals surface area contributed by atoms with Gasteiger partial charge in [-0.05, 0) is 35.6 Å². The number of nitrogens with one attached hydrogen (secondary N) is 1. The Morgan fingerprint density at radius 2 is 2.35 bits per heavy atom. The number of hydrogen-bond acceptors (Lipinski definition) is 5. The van der Waals surface area contributed by atoms with Crippen molar-refractivity contribution in [2.45, 2.75) is 12.5 Å². The largest absolute Gasteiger partial charge is 0.271 e. The molecule has 0 radical (unpaired) electrons. The second-order valence-corrected chi connectivity index (χ2v) is 4.54. The van der Waals surface area contributed by atoms with Crippen molar-refractivity contribution < 1.29 is 4.39 Å². The lowest BCUT2D eigenvalue weighted by molar-refractivity contribution is 0.518. The normalized spacial score (nSPS) is 12.6. The first kappa shape index (κ1) is 12.4. The summed E-state index contributed by atoms with van der Waals surface area (Å²) in [5, 5.41) is 6.06. The van der Waals surface area contributed by atoms with E-state index in [9.17, 15) is 4.39 Å². The van der Waals surface area contributed by atoms with Gasteiger partial charge in [-0.15, -0.1) is 5.10 Å². The van der Waals surface area contributed by atoms with E-state index in [4.69, 9.17) is 17.4 Å². The molecule has 0 saturated carbocycles. The quantitative estimate of drug-likeness (QED) is 0.661. The Morgan fingerprint density at radius 1 is 1.53 bits per heavy atom. The number of hydrazine groups is 1. The van der Waals surface area contributed by atoms with Crippen LogP contribution < -0.4 is 11.3 Å². The van der Waals surface area contributed by atoms with Crippen LogP contribution in [0.2, 0.25) is 5.02 Å². The van der Waals surface area contributed by atoms with Crippen molar-refractivity contribution in [2.24, 2.45) is 5.84 Å². The molecule has 0 aliphatic rings. The predicted molar refractivity (Wildman–Crippen MR) is 65.1 cm³/mol. The van der Waals surface area contributed by atoms with Crippen molar-refractivity contribution in [3.05, 3.63) is 45.7 Å². The summed E-state index contributed by atoms with van der Waals surface area (Å²) >= 11 is 6.91. The third-order valence-electron chi connectivity index (χ3n) is 2.37. The molecule has 0 aliphatic carbocycles. The maximum atomic E-state index is 13.6. The Bertz CT molecular complexity index is 491. The van der Waals surface area contributed by atoms with Gasteiger partial charge in [0.25, 0.3) is 0 Å². The van der Waals surface area contributed by atoms with Crippen molar-refractivity contribution in [3.63, 3.8) is 0 Å². The Hall–Kier alpha value is -1.08. The molecule has 3 N–H and O–H groups in total. The maximum absolute atomic E-state index is 13.6. The molecule has 17 heavy (non-hydrogen) atoms. The Kier molecular flexibility index (Phi) is 4.01. The van der Waals surface area contributed by atoms with Gasteiger partial charge in [-0.2, -0.15) is 0 Å². The second kappa shape index (κ2) is 5.50. The van der Waals surface area contributed by atoms with Crippen LogP contribution in [0.5, 0.6) is 0 Å². The highest BCUT2D eigenvalue weighted by Gasteiger charge is 2.15. The molecule has 1 unspecified atom stereocenters. The van der Waals surface area contributed by atoms with E-state index >= 15 is 0 Å². The average molecular weight is 273 g/mol. The fourth-order valence-corrected chi connectivity index (χ4v) is 2.15. The van der Waals surface area contributed by atoms with E-state index < -0.39 is 0 Å². The minimum absolute atomic E-state index is 0.260. The van der Waals surface area contributed by atoms with Crippen molar-refractivity contribution >= 4 is 23.1 Å². The molecule has 1 aromatic heterocycles. The van der Waals surface area contributed by atoms with E-state index in [0.717, 1.165) is 0 Å². The number of benzene rings is 1. The van der Waals surface area contributed by atoms with Crippen molar-refractivity contribution in [1.82, 2.24) is 15.0 Å². The number of rotatable bonds is 4. The van der Waals surface area contributed by atoms with Gasteiger partial charge in [0.1, 0.15) is 5.82 Å². The second-order valence-electron chi connectivity index (χ2n) is 3.49. The maximum Gasteiger partial charge on any atom is 0.127 e. The lowest BCUT2D eigenvalue weighted by Gasteiger charge is -2.13. The molecular formula is C10H10ClFN4S. The topological polar surface area (TPSA) is 63.8 Å². The van der Waals surface area contributed by atoms with Gasteiger partial charge in [0.2, 0.25) is 0 Å². The first-order valence-corrected chi connectivity index (χ1v) is 6.09. The monoisotopic (exact) mass is 272 g/mol. The summed E-state index contributed by atoms with van der Waals surface area (Å²) in [6, 6.07) is 4.31. The summed E-state index contributed by atoms with van der Waals surface area (Å²) in [6.45, 7) is 0. The van der Waals surface area contributed by atoms with Crippen LogP contribution in [-0.4, -0.2) is 9.59 Å². The van der Waals surface area contributed by atoms with Gasteiger partial charge in [-0.1, -0.05) is 22.2 Å². The molecule has 1 heterocycles. The zero-order valence-corrected chi connectivity index (χ0v) is 10.3. The molecule has 0 bridgehead atoms. The summed E-state index contributed by atoms with van der Waals surface area (Å²) in [4.78, 5) is 0. The smallest absolute Gasteiger partial charge is 0.127 e. The van der Waals surface area contributed by atoms with E-state index in [-0.39, 0.29) is 11.9 Å². The SMILES string of the molecule is NNC(Cc1ccc(Cl)cc1F)c1csnn1. The predicted octanol–water partition coefficient (Wildman–Crippen LogP) is 2.08. The first-order chi connectivity index (χ1) is 8.20. The fraction of sp³-hybridized carbons (Fsp3) is 0.200. The van der Waals surface area contributed by atoms with Gasteiger partial charge in [-0.3, -0.25) is 11.3 Å². The van der Waals surface area contributed by atoms with Crippen LogP contribution in [0.3, 0.4) is 0 Å². The summed E-state index contributed by atoms with van der Waals surface area (Å²) in [6.07, 6.45) is 0.394. The first-order valence-electron chi connectivity index (χ1n) is 4.87. The van der Waals surface area contributed by atoms with Gasteiger partial charge in [0.15, 0.2) is 0 Å². The summed E-state index contributed by atoms with van der Waals surface area (Å²) < 4.78 is 17.4. The Morgan fingerprint density at radius 3 is 2.94 bits per heavy atom. The molecular weight excluding hydrogens is 263 g/mol. The number of halogens is 2. The van der Waals surface area contributed by atoms with E-state index in [1.165, 1.54) is 17.6 Å². The van der Waals surface area contributed by atoms with Crippen molar-refractivity contribution in [3.8, 4) is 0 Å². The van der Waals surface area contributed by atoms with Crippen molar-refractivity contribution in [2.75, 3.05) is 0 Å². The number of nitrogens with two attached hydrogens (primary N) is 1. The Balaban J connectivity index is 2.19. The van der Waals surface area contributed by atoms with Crippen LogP contribution in [0.4, 0.5) is 4.39 Å². The van der Waals surface area contributed by atoms with Gasteiger partial charge >= 0.3 is 0 Å². The molecule has 4 nitrogen and oxygen atoms in total. The van der Waals surface area contributed by atoms with Gasteiger partial charge in [-0.25, -0.2) is 4.39 Å². The zero-order valence-electron chi connectivity index (χ0n) is 8.73. The number of aromatic nitrogens is 2. The molecule has 2 rings (SSSR count). The number of nitrogens with zero attached hydrogens (tertiary/aromatic N) is 2. The average Bonchev–Trinajstić information content (AvgIpc) is 2.81. The molecule has 1 aromatic carbocycles. The molecule has 0 amide bonds. The fourth-order valence-electron chi connectivity index (χ4n) is 1.48. The molecule has 90 valence electrons. The highest BCUT2D eigenvalue weighted by atomic mass is 35.5. The third-order valence-corrected chi connectivity index (χ3v) is 3.13. The van der Waals surface area contributed by atoms with Crippen LogP contribution in [0.25, 0.3) is 0 Å². The third kappa shape index (κ3) is 2.98.